The van der Waals surface area contributed by atoms with E-state index < -0.39 is 8.07 Å². The monoisotopic (exact) mass is 424 g/mol. The summed E-state index contributed by atoms with van der Waals surface area (Å²) in [6.45, 7) is 2.50. The molecule has 0 spiro atoms. The Bertz CT molecular complexity index is 1750. The SMILES string of the molecule is CC12c3ccccc3[Si]1(c1ccccc1)c1cnc3c4ccccc4c4cccc2c4n13. The van der Waals surface area contributed by atoms with E-state index in [9.17, 15) is 0 Å². The van der Waals surface area contributed by atoms with Crippen molar-refractivity contribution in [2.45, 2.75) is 12.0 Å². The number of nitrogens with zero attached hydrogens (tertiary/aromatic N) is 2. The molecule has 2 aliphatic heterocycles. The van der Waals surface area contributed by atoms with Crippen molar-refractivity contribution in [2.75, 3.05) is 0 Å². The lowest BCUT2D eigenvalue weighted by molar-refractivity contribution is 0.758. The molecule has 0 fully saturated rings. The first kappa shape index (κ1) is 16.9. The van der Waals surface area contributed by atoms with Crippen LogP contribution in [-0.2, 0) is 5.04 Å². The molecule has 0 N–H and O–H groups in total. The van der Waals surface area contributed by atoms with E-state index in [1.54, 1.807) is 0 Å². The summed E-state index contributed by atoms with van der Waals surface area (Å²) in [6.07, 6.45) is 2.20. The fourth-order valence-electron chi connectivity index (χ4n) is 7.03. The van der Waals surface area contributed by atoms with Gasteiger partial charge in [0.2, 0.25) is 0 Å². The summed E-state index contributed by atoms with van der Waals surface area (Å²) < 4.78 is 2.52. The molecule has 0 saturated carbocycles. The predicted octanol–water partition coefficient (Wildman–Crippen LogP) is 4.28. The quantitative estimate of drug-likeness (QED) is 0.284. The number of imidazole rings is 1. The number of aromatic nitrogens is 2. The molecular weight excluding hydrogens is 404 g/mol. The predicted molar refractivity (Wildman–Crippen MR) is 134 cm³/mol. The average Bonchev–Trinajstić information content (AvgIpc) is 3.30. The molecule has 8 rings (SSSR count). The van der Waals surface area contributed by atoms with Gasteiger partial charge in [0, 0.05) is 27.3 Å². The molecule has 6 aromatic rings. The van der Waals surface area contributed by atoms with E-state index in [-0.39, 0.29) is 5.04 Å². The third-order valence-corrected chi connectivity index (χ3v) is 13.8. The normalized spacial score (nSPS) is 22.8. The van der Waals surface area contributed by atoms with E-state index >= 15 is 0 Å². The summed E-state index contributed by atoms with van der Waals surface area (Å²) in [5.41, 5.74) is 5.36. The molecular formula is C29H20N2Si. The van der Waals surface area contributed by atoms with Crippen LogP contribution in [0.5, 0.6) is 0 Å². The van der Waals surface area contributed by atoms with Gasteiger partial charge < -0.3 is 0 Å². The third-order valence-electron chi connectivity index (χ3n) is 8.23. The van der Waals surface area contributed by atoms with Crippen LogP contribution in [0.25, 0.3) is 27.3 Å². The Kier molecular flexibility index (Phi) is 2.84. The maximum absolute atomic E-state index is 5.09. The third kappa shape index (κ3) is 1.55. The van der Waals surface area contributed by atoms with Gasteiger partial charge in [0.25, 0.3) is 0 Å². The van der Waals surface area contributed by atoms with Crippen molar-refractivity contribution < 1.29 is 0 Å². The fourth-order valence-corrected chi connectivity index (χ4v) is 13.2. The van der Waals surface area contributed by atoms with Gasteiger partial charge in [-0.25, -0.2) is 4.98 Å². The molecule has 3 heteroatoms. The van der Waals surface area contributed by atoms with Gasteiger partial charge in [-0.2, -0.15) is 0 Å². The molecule has 2 aromatic heterocycles. The first-order chi connectivity index (χ1) is 15.8. The zero-order valence-electron chi connectivity index (χ0n) is 17.7. The van der Waals surface area contributed by atoms with Gasteiger partial charge in [0.05, 0.1) is 5.52 Å². The summed E-state index contributed by atoms with van der Waals surface area (Å²) in [5.74, 6) is 0. The molecule has 2 nitrogen and oxygen atoms in total. The van der Waals surface area contributed by atoms with E-state index in [1.165, 1.54) is 48.5 Å². The zero-order valence-corrected chi connectivity index (χ0v) is 18.7. The van der Waals surface area contributed by atoms with E-state index in [1.807, 2.05) is 0 Å². The lowest BCUT2D eigenvalue weighted by Crippen LogP contribution is -2.87. The Labute approximate surface area is 186 Å². The molecule has 150 valence electrons. The van der Waals surface area contributed by atoms with Crippen molar-refractivity contribution in [3.8, 4) is 0 Å². The lowest BCUT2D eigenvalue weighted by atomic mass is 9.87. The van der Waals surface area contributed by atoms with E-state index in [0.717, 1.165) is 5.65 Å². The van der Waals surface area contributed by atoms with E-state index in [2.05, 4.69) is 115 Å². The van der Waals surface area contributed by atoms with Crippen molar-refractivity contribution in [2.24, 2.45) is 0 Å². The molecule has 2 aliphatic rings. The Hall–Kier alpha value is -3.69. The molecule has 0 saturated heterocycles. The summed E-state index contributed by atoms with van der Waals surface area (Å²) in [4.78, 5) is 5.09. The Morgan fingerprint density at radius 1 is 0.688 bits per heavy atom. The molecule has 4 heterocycles. The molecule has 2 unspecified atom stereocenters. The standard InChI is InChI=1S/C29H20N2Si/c1-29-23-15-7-8-17-25(23)32(29,19-10-3-2-4-11-19)26-18-30-28-22-13-6-5-12-20(22)21-14-9-16-24(29)27(21)31(26)28/h2-18H,1H3. The highest BCUT2D eigenvalue weighted by molar-refractivity contribution is 7.16. The summed E-state index contributed by atoms with van der Waals surface area (Å²) >= 11 is 0. The number of fused-ring (bicyclic) bond motifs is 9. The second kappa shape index (κ2) is 5.37. The van der Waals surface area contributed by atoms with Crippen molar-refractivity contribution >= 4 is 51.1 Å². The minimum atomic E-state index is -2.34. The Balaban J connectivity index is 1.70. The average molecular weight is 425 g/mol. The summed E-state index contributed by atoms with van der Waals surface area (Å²) in [5, 5.41) is 8.23. The number of para-hydroxylation sites is 1. The van der Waals surface area contributed by atoms with E-state index in [4.69, 9.17) is 4.98 Å². The minimum absolute atomic E-state index is 0.0319. The van der Waals surface area contributed by atoms with Crippen molar-refractivity contribution in [1.29, 1.82) is 0 Å². The highest BCUT2D eigenvalue weighted by Crippen LogP contribution is 2.52. The highest BCUT2D eigenvalue weighted by Gasteiger charge is 2.68. The maximum atomic E-state index is 5.09. The van der Waals surface area contributed by atoms with Crippen LogP contribution in [0.3, 0.4) is 0 Å². The molecule has 2 atom stereocenters. The molecule has 0 radical (unpaired) electrons. The first-order valence-electron chi connectivity index (χ1n) is 11.3. The fraction of sp³-hybridized carbons (Fsp3) is 0.0690. The van der Waals surface area contributed by atoms with Gasteiger partial charge in [-0.15, -0.1) is 0 Å². The highest BCUT2D eigenvalue weighted by atomic mass is 28.3. The second-order valence-corrected chi connectivity index (χ2v) is 13.5. The number of pyridine rings is 1. The number of hydrogen-bond donors (Lipinski definition) is 0. The van der Waals surface area contributed by atoms with Gasteiger partial charge in [0.15, 0.2) is 8.07 Å². The van der Waals surface area contributed by atoms with Crippen LogP contribution in [0, 0.1) is 0 Å². The smallest absolute Gasteiger partial charge is 0.186 e. The van der Waals surface area contributed by atoms with Crippen molar-refractivity contribution in [3.63, 3.8) is 0 Å². The number of hydrogen-bond acceptors (Lipinski definition) is 1. The topological polar surface area (TPSA) is 17.3 Å². The lowest BCUT2D eigenvalue weighted by Gasteiger charge is -2.59. The van der Waals surface area contributed by atoms with Crippen LogP contribution in [0.4, 0.5) is 0 Å². The largest absolute Gasteiger partial charge is 0.299 e. The minimum Gasteiger partial charge on any atom is -0.299 e. The number of rotatable bonds is 1. The van der Waals surface area contributed by atoms with Crippen LogP contribution < -0.4 is 15.7 Å². The van der Waals surface area contributed by atoms with Gasteiger partial charge in [-0.3, -0.25) is 4.40 Å². The Morgan fingerprint density at radius 3 is 2.25 bits per heavy atom. The van der Waals surface area contributed by atoms with Crippen molar-refractivity contribution in [3.05, 3.63) is 114 Å². The summed E-state index contributed by atoms with van der Waals surface area (Å²) in [6, 6.07) is 36.1. The van der Waals surface area contributed by atoms with Gasteiger partial charge in [-0.1, -0.05) is 104 Å². The first-order valence-corrected chi connectivity index (χ1v) is 13.3. The van der Waals surface area contributed by atoms with Crippen molar-refractivity contribution in [1.82, 2.24) is 9.38 Å². The molecule has 0 aliphatic carbocycles. The Morgan fingerprint density at radius 2 is 1.38 bits per heavy atom. The summed E-state index contributed by atoms with van der Waals surface area (Å²) in [7, 11) is -2.34. The van der Waals surface area contributed by atoms with Gasteiger partial charge in [0.1, 0.15) is 5.65 Å². The van der Waals surface area contributed by atoms with Crippen LogP contribution in [0.15, 0.2) is 103 Å². The maximum Gasteiger partial charge on any atom is 0.186 e. The van der Waals surface area contributed by atoms with Crippen LogP contribution in [0.1, 0.15) is 18.1 Å². The van der Waals surface area contributed by atoms with Crippen LogP contribution in [-0.4, -0.2) is 17.5 Å². The second-order valence-electron chi connectivity index (χ2n) is 9.34. The van der Waals surface area contributed by atoms with Crippen LogP contribution >= 0.6 is 0 Å². The van der Waals surface area contributed by atoms with Crippen LogP contribution in [0.2, 0.25) is 0 Å². The zero-order chi connectivity index (χ0) is 21.1. The molecule has 0 bridgehead atoms. The molecule has 4 aromatic carbocycles. The molecule has 32 heavy (non-hydrogen) atoms. The number of benzene rings is 4. The van der Waals surface area contributed by atoms with Gasteiger partial charge in [-0.05, 0) is 26.9 Å². The van der Waals surface area contributed by atoms with E-state index in [0.29, 0.717) is 0 Å². The van der Waals surface area contributed by atoms with Gasteiger partial charge >= 0.3 is 0 Å². The molecule has 0 amide bonds.